The maximum absolute atomic E-state index is 6.18. The third kappa shape index (κ3) is 4.83. The van der Waals surface area contributed by atoms with E-state index in [1.165, 1.54) is 6.42 Å². The van der Waals surface area contributed by atoms with Gasteiger partial charge < -0.3 is 20.0 Å². The van der Waals surface area contributed by atoms with E-state index in [4.69, 9.17) is 28.2 Å². The third-order valence-corrected chi connectivity index (χ3v) is 4.66. The molecule has 2 aromatic rings. The molecule has 2 N–H and O–H groups in total. The van der Waals surface area contributed by atoms with E-state index in [2.05, 4.69) is 32.4 Å². The summed E-state index contributed by atoms with van der Waals surface area (Å²) in [5.41, 5.74) is 0. The summed E-state index contributed by atoms with van der Waals surface area (Å²) in [5.74, 6) is 2.91. The van der Waals surface area contributed by atoms with E-state index in [1.807, 2.05) is 19.1 Å². The molecule has 1 saturated heterocycles. The molecule has 0 aromatic carbocycles. The van der Waals surface area contributed by atoms with E-state index in [0.717, 1.165) is 36.7 Å². The average Bonchev–Trinajstić information content (AvgIpc) is 2.98. The molecule has 0 saturated carbocycles. The molecule has 0 unspecified atom stereocenters. The van der Waals surface area contributed by atoms with Gasteiger partial charge in [-0.25, -0.2) is 4.98 Å². The summed E-state index contributed by atoms with van der Waals surface area (Å²) in [6, 6.07) is 6.08. The standard InChI is InChI=1S/C17H22ClN5OS/c1-11-5-3-4-8-23(11)15-9-14(18)20-16(21-15)22-17(25)19-10-13-7-6-12(2)24-13/h6-7,9,11H,3-5,8,10H2,1-2H3,(H2,19,20,21,22,25)/t11-/m0/s1. The van der Waals surface area contributed by atoms with Gasteiger partial charge in [0.15, 0.2) is 5.11 Å². The minimum Gasteiger partial charge on any atom is -0.465 e. The number of rotatable bonds is 4. The number of hydrogen-bond acceptors (Lipinski definition) is 5. The van der Waals surface area contributed by atoms with Crippen molar-refractivity contribution in [2.24, 2.45) is 0 Å². The average molecular weight is 380 g/mol. The largest absolute Gasteiger partial charge is 0.465 e. The molecule has 0 spiro atoms. The second kappa shape index (κ2) is 8.01. The summed E-state index contributed by atoms with van der Waals surface area (Å²) in [6.45, 7) is 5.59. The van der Waals surface area contributed by atoms with Crippen molar-refractivity contribution in [1.82, 2.24) is 15.3 Å². The van der Waals surface area contributed by atoms with Crippen LogP contribution in [-0.2, 0) is 6.54 Å². The Kier molecular flexibility index (Phi) is 5.75. The highest BCUT2D eigenvalue weighted by atomic mass is 35.5. The Hall–Kier alpha value is -1.86. The van der Waals surface area contributed by atoms with Crippen LogP contribution in [0.25, 0.3) is 0 Å². The highest BCUT2D eigenvalue weighted by Crippen LogP contribution is 2.25. The van der Waals surface area contributed by atoms with Crippen LogP contribution in [0.15, 0.2) is 22.6 Å². The van der Waals surface area contributed by atoms with Crippen LogP contribution in [0, 0.1) is 6.92 Å². The lowest BCUT2D eigenvalue weighted by Crippen LogP contribution is -2.38. The molecule has 2 aromatic heterocycles. The number of furan rings is 1. The topological polar surface area (TPSA) is 66.2 Å². The van der Waals surface area contributed by atoms with Crippen molar-refractivity contribution in [2.45, 2.75) is 45.7 Å². The molecule has 8 heteroatoms. The lowest BCUT2D eigenvalue weighted by Gasteiger charge is -2.34. The quantitative estimate of drug-likeness (QED) is 0.616. The number of aryl methyl sites for hydroxylation is 1. The van der Waals surface area contributed by atoms with Gasteiger partial charge in [0.1, 0.15) is 22.5 Å². The first-order valence-electron chi connectivity index (χ1n) is 8.42. The molecule has 1 aliphatic rings. The van der Waals surface area contributed by atoms with Crippen LogP contribution < -0.4 is 15.5 Å². The number of thiocarbonyl (C=S) groups is 1. The van der Waals surface area contributed by atoms with Crippen LogP contribution in [0.1, 0.15) is 37.7 Å². The molecule has 25 heavy (non-hydrogen) atoms. The summed E-state index contributed by atoms with van der Waals surface area (Å²) >= 11 is 11.5. The molecule has 3 heterocycles. The number of anilines is 2. The van der Waals surface area contributed by atoms with Crippen LogP contribution in [-0.4, -0.2) is 27.7 Å². The van der Waals surface area contributed by atoms with Crippen molar-refractivity contribution < 1.29 is 4.42 Å². The van der Waals surface area contributed by atoms with E-state index in [9.17, 15) is 0 Å². The fourth-order valence-corrected chi connectivity index (χ4v) is 3.28. The van der Waals surface area contributed by atoms with Crippen LogP contribution >= 0.6 is 23.8 Å². The summed E-state index contributed by atoms with van der Waals surface area (Å²) < 4.78 is 5.50. The molecule has 0 radical (unpaired) electrons. The van der Waals surface area contributed by atoms with Crippen molar-refractivity contribution in [1.29, 1.82) is 0 Å². The number of halogens is 1. The molecule has 0 amide bonds. The van der Waals surface area contributed by atoms with Crippen molar-refractivity contribution in [3.8, 4) is 0 Å². The van der Waals surface area contributed by atoms with E-state index < -0.39 is 0 Å². The van der Waals surface area contributed by atoms with Gasteiger partial charge in [-0.1, -0.05) is 11.6 Å². The summed E-state index contributed by atoms with van der Waals surface area (Å²) in [7, 11) is 0. The van der Waals surface area contributed by atoms with Crippen LogP contribution in [0.4, 0.5) is 11.8 Å². The number of hydrogen-bond donors (Lipinski definition) is 2. The van der Waals surface area contributed by atoms with Gasteiger partial charge in [0.25, 0.3) is 0 Å². The zero-order valence-corrected chi connectivity index (χ0v) is 16.0. The van der Waals surface area contributed by atoms with E-state index in [1.54, 1.807) is 6.07 Å². The highest BCUT2D eigenvalue weighted by Gasteiger charge is 2.21. The Morgan fingerprint density at radius 1 is 1.40 bits per heavy atom. The van der Waals surface area contributed by atoms with E-state index in [0.29, 0.717) is 28.8 Å². The normalized spacial score (nSPS) is 17.4. The van der Waals surface area contributed by atoms with Gasteiger partial charge in [0.05, 0.1) is 6.54 Å². The molecule has 6 nitrogen and oxygen atoms in total. The second-order valence-corrected chi connectivity index (χ2v) is 7.03. The predicted molar refractivity (Wildman–Crippen MR) is 104 cm³/mol. The first-order chi connectivity index (χ1) is 12.0. The van der Waals surface area contributed by atoms with Gasteiger partial charge >= 0.3 is 0 Å². The van der Waals surface area contributed by atoms with Crippen LogP contribution in [0.3, 0.4) is 0 Å². The monoisotopic (exact) mass is 379 g/mol. The van der Waals surface area contributed by atoms with Crippen LogP contribution in [0.5, 0.6) is 0 Å². The molecular weight excluding hydrogens is 358 g/mol. The van der Waals surface area contributed by atoms with Gasteiger partial charge in [-0.15, -0.1) is 0 Å². The minimum absolute atomic E-state index is 0.397. The SMILES string of the molecule is Cc1ccc(CNC(=S)Nc2nc(Cl)cc(N3CCCC[C@@H]3C)n2)o1. The van der Waals surface area contributed by atoms with Gasteiger partial charge in [-0.2, -0.15) is 4.98 Å². The first kappa shape index (κ1) is 17.9. The van der Waals surface area contributed by atoms with Gasteiger partial charge in [0, 0.05) is 18.7 Å². The zero-order valence-electron chi connectivity index (χ0n) is 14.4. The Bertz CT molecular complexity index is 750. The summed E-state index contributed by atoms with van der Waals surface area (Å²) in [5, 5.41) is 6.90. The molecule has 0 bridgehead atoms. The molecule has 3 rings (SSSR count). The molecule has 1 atom stereocenters. The molecule has 0 aliphatic carbocycles. The first-order valence-corrected chi connectivity index (χ1v) is 9.21. The van der Waals surface area contributed by atoms with Gasteiger partial charge in [-0.05, 0) is 57.5 Å². The van der Waals surface area contributed by atoms with Crippen molar-refractivity contribution in [3.63, 3.8) is 0 Å². The number of nitrogens with one attached hydrogen (secondary N) is 2. The smallest absolute Gasteiger partial charge is 0.232 e. The Labute approximate surface area is 158 Å². The Morgan fingerprint density at radius 2 is 2.24 bits per heavy atom. The summed E-state index contributed by atoms with van der Waals surface area (Å²) in [4.78, 5) is 11.1. The fraction of sp³-hybridized carbons (Fsp3) is 0.471. The lowest BCUT2D eigenvalue weighted by atomic mass is 10.0. The van der Waals surface area contributed by atoms with E-state index >= 15 is 0 Å². The molecular formula is C17H22ClN5OS. The Morgan fingerprint density at radius 3 is 2.96 bits per heavy atom. The lowest BCUT2D eigenvalue weighted by molar-refractivity contribution is 0.478. The highest BCUT2D eigenvalue weighted by molar-refractivity contribution is 7.80. The molecule has 1 fully saturated rings. The summed E-state index contributed by atoms with van der Waals surface area (Å²) in [6.07, 6.45) is 3.58. The van der Waals surface area contributed by atoms with Gasteiger partial charge in [-0.3, -0.25) is 0 Å². The fourth-order valence-electron chi connectivity index (χ4n) is 2.94. The third-order valence-electron chi connectivity index (χ3n) is 4.22. The van der Waals surface area contributed by atoms with Crippen LogP contribution in [0.2, 0.25) is 5.15 Å². The number of nitrogens with zero attached hydrogens (tertiary/aromatic N) is 3. The number of piperidine rings is 1. The predicted octanol–water partition coefficient (Wildman–Crippen LogP) is 3.90. The zero-order chi connectivity index (χ0) is 17.8. The Balaban J connectivity index is 1.64. The number of aromatic nitrogens is 2. The van der Waals surface area contributed by atoms with Gasteiger partial charge in [0.2, 0.25) is 5.95 Å². The maximum atomic E-state index is 6.18. The van der Waals surface area contributed by atoms with Crippen molar-refractivity contribution in [2.75, 3.05) is 16.8 Å². The maximum Gasteiger partial charge on any atom is 0.232 e. The molecule has 1 aliphatic heterocycles. The van der Waals surface area contributed by atoms with E-state index in [-0.39, 0.29) is 0 Å². The van der Waals surface area contributed by atoms with Crippen molar-refractivity contribution in [3.05, 3.63) is 34.9 Å². The minimum atomic E-state index is 0.397. The second-order valence-electron chi connectivity index (χ2n) is 6.23. The van der Waals surface area contributed by atoms with Crippen molar-refractivity contribution >= 4 is 40.7 Å². The molecule has 134 valence electrons.